The predicted octanol–water partition coefficient (Wildman–Crippen LogP) is 4.83. The summed E-state index contributed by atoms with van der Waals surface area (Å²) >= 11 is 0. The van der Waals surface area contributed by atoms with Crippen LogP contribution in [0.1, 0.15) is 117 Å². The maximum Gasteiger partial charge on any atom is 0.309 e. The average Bonchev–Trinajstić information content (AvgIpc) is 2.73. The molecule has 0 radical (unpaired) electrons. The van der Waals surface area contributed by atoms with E-state index >= 15 is 0 Å². The summed E-state index contributed by atoms with van der Waals surface area (Å²) in [7, 11) is 0. The monoisotopic (exact) mass is 430 g/mol. The number of hydrogen-bond donors (Lipinski definition) is 0. The van der Waals surface area contributed by atoms with Gasteiger partial charge in [-0.05, 0) is 81.5 Å². The summed E-state index contributed by atoms with van der Waals surface area (Å²) < 4.78 is 6.06. The van der Waals surface area contributed by atoms with Gasteiger partial charge in [-0.1, -0.05) is 58.8 Å². The molecule has 5 heteroatoms. The number of rotatable bonds is 7. The normalized spacial score (nSPS) is 30.7. The van der Waals surface area contributed by atoms with Gasteiger partial charge in [-0.25, -0.2) is 0 Å². The second-order valence-electron chi connectivity index (χ2n) is 9.96. The highest BCUT2D eigenvalue weighted by atomic mass is 16.5. The van der Waals surface area contributed by atoms with E-state index in [1.54, 1.807) is 0 Å². The molecule has 0 aromatic rings. The van der Waals surface area contributed by atoms with Crippen molar-refractivity contribution in [3.05, 3.63) is 0 Å². The fourth-order valence-corrected chi connectivity index (χ4v) is 6.45. The highest BCUT2D eigenvalue weighted by Crippen LogP contribution is 2.42. The molecule has 3 aliphatic rings. The molecule has 3 rings (SSSR count). The summed E-state index contributed by atoms with van der Waals surface area (Å²) in [5.74, 6) is 3.79. The largest absolute Gasteiger partial charge is 0.462 e. The minimum atomic E-state index is 0. The van der Waals surface area contributed by atoms with E-state index in [1.165, 1.54) is 83.5 Å². The molecule has 0 aliphatic heterocycles. The van der Waals surface area contributed by atoms with E-state index in [0.29, 0.717) is 5.92 Å². The summed E-state index contributed by atoms with van der Waals surface area (Å²) in [6.45, 7) is 4.52. The minimum absolute atomic E-state index is 0. The Bertz CT molecular complexity index is 433. The van der Waals surface area contributed by atoms with Crippen LogP contribution >= 0.6 is 0 Å². The molecule has 1 atom stereocenters. The molecular formula is C25H50O5. The standard InChI is InChI=1S/C25H44O2.3H2O/c1-3-8-19-11-13-20(14-12-19)21-15-17-23(18-16-21)25(26)27-24(4-2)22-9-6-5-7-10-22;;;/h19-24H,3-18H2,1-2H3;3*1H2. The molecule has 5 nitrogen and oxygen atoms in total. The number of esters is 1. The average molecular weight is 431 g/mol. The quantitative estimate of drug-likeness (QED) is 0.537. The van der Waals surface area contributed by atoms with Crippen molar-refractivity contribution in [3.63, 3.8) is 0 Å². The van der Waals surface area contributed by atoms with Crippen molar-refractivity contribution in [2.75, 3.05) is 0 Å². The smallest absolute Gasteiger partial charge is 0.309 e. The lowest BCUT2D eigenvalue weighted by molar-refractivity contribution is -0.159. The molecule has 0 amide bonds. The van der Waals surface area contributed by atoms with E-state index in [4.69, 9.17) is 4.74 Å². The maximum atomic E-state index is 12.8. The van der Waals surface area contributed by atoms with Gasteiger partial charge in [0.25, 0.3) is 0 Å². The number of hydrogen-bond acceptors (Lipinski definition) is 2. The third-order valence-electron chi connectivity index (χ3n) is 8.21. The van der Waals surface area contributed by atoms with E-state index in [2.05, 4.69) is 13.8 Å². The SMILES string of the molecule is CCCC1CCC(C2CCC(C(=O)OC(CC)C3CCCCC3)CC2)CC1.O.O.O. The molecule has 0 spiro atoms. The van der Waals surface area contributed by atoms with Crippen LogP contribution in [0.4, 0.5) is 0 Å². The van der Waals surface area contributed by atoms with E-state index in [-0.39, 0.29) is 34.4 Å². The van der Waals surface area contributed by atoms with Crippen molar-refractivity contribution in [2.24, 2.45) is 29.6 Å². The summed E-state index contributed by atoms with van der Waals surface area (Å²) in [6.07, 6.45) is 21.0. The van der Waals surface area contributed by atoms with Crippen molar-refractivity contribution >= 4 is 5.97 Å². The van der Waals surface area contributed by atoms with E-state index in [0.717, 1.165) is 37.0 Å². The number of carbonyl (C=O) groups is 1. The molecule has 0 heterocycles. The number of ether oxygens (including phenoxy) is 1. The van der Waals surface area contributed by atoms with Gasteiger partial charge < -0.3 is 21.2 Å². The second kappa shape index (κ2) is 15.2. The Kier molecular flexibility index (Phi) is 14.9. The van der Waals surface area contributed by atoms with Crippen molar-refractivity contribution < 1.29 is 26.0 Å². The van der Waals surface area contributed by atoms with Gasteiger partial charge in [0.15, 0.2) is 0 Å². The van der Waals surface area contributed by atoms with E-state index in [9.17, 15) is 4.79 Å². The molecule has 3 aliphatic carbocycles. The van der Waals surface area contributed by atoms with Gasteiger partial charge in [-0.2, -0.15) is 0 Å². The van der Waals surface area contributed by atoms with Gasteiger partial charge in [-0.3, -0.25) is 4.79 Å². The summed E-state index contributed by atoms with van der Waals surface area (Å²) in [5.41, 5.74) is 0. The van der Waals surface area contributed by atoms with Crippen LogP contribution in [0.3, 0.4) is 0 Å². The fraction of sp³-hybridized carbons (Fsp3) is 0.960. The first-order valence-corrected chi connectivity index (χ1v) is 12.4. The van der Waals surface area contributed by atoms with Crippen LogP contribution < -0.4 is 0 Å². The van der Waals surface area contributed by atoms with Crippen LogP contribution in [0, 0.1) is 29.6 Å². The Hall–Kier alpha value is -0.650. The van der Waals surface area contributed by atoms with E-state index < -0.39 is 0 Å². The zero-order valence-electron chi connectivity index (χ0n) is 19.6. The summed E-state index contributed by atoms with van der Waals surface area (Å²) in [6, 6.07) is 0. The first kappa shape index (κ1) is 29.4. The second-order valence-corrected chi connectivity index (χ2v) is 9.96. The highest BCUT2D eigenvalue weighted by molar-refractivity contribution is 5.72. The van der Waals surface area contributed by atoms with Gasteiger partial charge in [0.05, 0.1) is 5.92 Å². The summed E-state index contributed by atoms with van der Waals surface area (Å²) in [5, 5.41) is 0. The molecule has 0 aromatic carbocycles. The van der Waals surface area contributed by atoms with Crippen LogP contribution in [0.5, 0.6) is 0 Å². The molecule has 3 saturated carbocycles. The lowest BCUT2D eigenvalue weighted by Gasteiger charge is -2.38. The van der Waals surface area contributed by atoms with Crippen LogP contribution in [-0.4, -0.2) is 28.5 Å². The third-order valence-corrected chi connectivity index (χ3v) is 8.21. The fourth-order valence-electron chi connectivity index (χ4n) is 6.45. The summed E-state index contributed by atoms with van der Waals surface area (Å²) in [4.78, 5) is 12.8. The highest BCUT2D eigenvalue weighted by Gasteiger charge is 2.35. The van der Waals surface area contributed by atoms with Crippen molar-refractivity contribution in [3.8, 4) is 0 Å². The third kappa shape index (κ3) is 8.12. The lowest BCUT2D eigenvalue weighted by atomic mass is 9.69. The Morgan fingerprint density at radius 2 is 1.30 bits per heavy atom. The topological polar surface area (TPSA) is 121 Å². The van der Waals surface area contributed by atoms with Crippen LogP contribution in [0.25, 0.3) is 0 Å². The van der Waals surface area contributed by atoms with Gasteiger partial charge >= 0.3 is 5.97 Å². The maximum absolute atomic E-state index is 12.8. The Labute approximate surface area is 184 Å². The minimum Gasteiger partial charge on any atom is -0.462 e. The lowest BCUT2D eigenvalue weighted by Crippen LogP contribution is -2.33. The Morgan fingerprint density at radius 1 is 0.767 bits per heavy atom. The first-order valence-electron chi connectivity index (χ1n) is 12.4. The number of carbonyl (C=O) groups excluding carboxylic acids is 1. The molecule has 3 fully saturated rings. The van der Waals surface area contributed by atoms with Gasteiger partial charge in [0.1, 0.15) is 6.10 Å². The predicted molar refractivity (Wildman–Crippen MR) is 123 cm³/mol. The van der Waals surface area contributed by atoms with Crippen LogP contribution in [0.15, 0.2) is 0 Å². The Balaban J connectivity index is 0.00000280. The van der Waals surface area contributed by atoms with Crippen LogP contribution in [0.2, 0.25) is 0 Å². The van der Waals surface area contributed by atoms with E-state index in [1.807, 2.05) is 0 Å². The molecule has 0 aromatic heterocycles. The molecule has 6 N–H and O–H groups in total. The Morgan fingerprint density at radius 3 is 1.80 bits per heavy atom. The molecule has 0 saturated heterocycles. The zero-order chi connectivity index (χ0) is 19.1. The molecular weight excluding hydrogens is 380 g/mol. The molecule has 30 heavy (non-hydrogen) atoms. The zero-order valence-corrected chi connectivity index (χ0v) is 19.6. The van der Waals surface area contributed by atoms with Gasteiger partial charge in [0, 0.05) is 0 Å². The van der Waals surface area contributed by atoms with Crippen molar-refractivity contribution in [2.45, 2.75) is 123 Å². The first-order chi connectivity index (χ1) is 13.2. The molecule has 0 bridgehead atoms. The molecule has 1 unspecified atom stereocenters. The van der Waals surface area contributed by atoms with Crippen molar-refractivity contribution in [1.29, 1.82) is 0 Å². The van der Waals surface area contributed by atoms with Gasteiger partial charge in [-0.15, -0.1) is 0 Å². The van der Waals surface area contributed by atoms with Crippen LogP contribution in [-0.2, 0) is 9.53 Å². The molecule has 180 valence electrons. The van der Waals surface area contributed by atoms with Gasteiger partial charge in [0.2, 0.25) is 0 Å². The van der Waals surface area contributed by atoms with Crippen molar-refractivity contribution in [1.82, 2.24) is 0 Å².